The summed E-state index contributed by atoms with van der Waals surface area (Å²) in [5.74, 6) is 0. The molecule has 0 radical (unpaired) electrons. The minimum absolute atomic E-state index is 0.0600. The fraction of sp³-hybridized carbons (Fsp3) is 0.556. The van der Waals surface area contributed by atoms with E-state index in [-0.39, 0.29) is 12.1 Å². The topological polar surface area (TPSA) is 45.2 Å². The maximum Gasteiger partial charge on any atom is 0.317 e. The van der Waals surface area contributed by atoms with E-state index in [1.807, 2.05) is 19.2 Å². The molecule has 0 atom stereocenters. The quantitative estimate of drug-likeness (QED) is 0.830. The van der Waals surface area contributed by atoms with Crippen LogP contribution in [0.4, 0.5) is 4.79 Å². The summed E-state index contributed by atoms with van der Waals surface area (Å²) >= 11 is 1.55. The molecule has 0 fully saturated rings. The molecule has 1 heterocycles. The van der Waals surface area contributed by atoms with Gasteiger partial charge in [-0.1, -0.05) is 0 Å². The zero-order valence-electron chi connectivity index (χ0n) is 8.65. The average Bonchev–Trinajstić information content (AvgIpc) is 2.55. The summed E-state index contributed by atoms with van der Waals surface area (Å²) in [5.41, 5.74) is 0. The van der Waals surface area contributed by atoms with Crippen molar-refractivity contribution in [1.82, 2.24) is 15.2 Å². The van der Waals surface area contributed by atoms with E-state index < -0.39 is 0 Å². The Hall–Kier alpha value is -1.10. The van der Waals surface area contributed by atoms with Crippen molar-refractivity contribution < 1.29 is 4.79 Å². The molecule has 1 aromatic rings. The first kappa shape index (κ1) is 11.0. The van der Waals surface area contributed by atoms with Gasteiger partial charge in [-0.15, -0.1) is 11.3 Å². The van der Waals surface area contributed by atoms with Crippen molar-refractivity contribution in [3.8, 4) is 0 Å². The predicted octanol–water partition coefficient (Wildman–Crippen LogP) is 1.69. The van der Waals surface area contributed by atoms with Crippen molar-refractivity contribution in [2.45, 2.75) is 26.4 Å². The van der Waals surface area contributed by atoms with Crippen LogP contribution in [-0.2, 0) is 6.54 Å². The molecule has 2 amide bonds. The molecule has 0 saturated heterocycles. The number of urea groups is 1. The molecule has 0 unspecified atom stereocenters. The van der Waals surface area contributed by atoms with Crippen molar-refractivity contribution in [3.05, 3.63) is 16.6 Å². The summed E-state index contributed by atoms with van der Waals surface area (Å²) in [7, 11) is 1.76. The van der Waals surface area contributed by atoms with Gasteiger partial charge in [0.25, 0.3) is 0 Å². The molecule has 0 aliphatic rings. The largest absolute Gasteiger partial charge is 0.336 e. The van der Waals surface area contributed by atoms with Gasteiger partial charge in [0, 0.05) is 24.7 Å². The Balaban J connectivity index is 2.42. The maximum atomic E-state index is 11.5. The lowest BCUT2D eigenvalue weighted by atomic mass is 10.4. The van der Waals surface area contributed by atoms with E-state index in [4.69, 9.17) is 0 Å². The van der Waals surface area contributed by atoms with E-state index in [9.17, 15) is 4.79 Å². The summed E-state index contributed by atoms with van der Waals surface area (Å²) in [6, 6.07) is 0.108. The summed E-state index contributed by atoms with van der Waals surface area (Å²) in [6.45, 7) is 4.44. The molecule has 0 saturated carbocycles. The van der Waals surface area contributed by atoms with Crippen LogP contribution in [0.5, 0.6) is 0 Å². The second-order valence-corrected chi connectivity index (χ2v) is 4.37. The fourth-order valence-electron chi connectivity index (χ4n) is 0.963. The first-order valence-electron chi connectivity index (χ1n) is 4.49. The van der Waals surface area contributed by atoms with Crippen LogP contribution in [0.3, 0.4) is 0 Å². The first-order chi connectivity index (χ1) is 6.59. The highest BCUT2D eigenvalue weighted by atomic mass is 32.1. The molecule has 0 aliphatic carbocycles. The third-order valence-corrected chi connectivity index (χ3v) is 2.38. The summed E-state index contributed by atoms with van der Waals surface area (Å²) in [6.07, 6.45) is 1.74. The lowest BCUT2D eigenvalue weighted by Crippen LogP contribution is -2.40. The monoisotopic (exact) mass is 213 g/mol. The van der Waals surface area contributed by atoms with E-state index in [2.05, 4.69) is 10.3 Å². The van der Waals surface area contributed by atoms with Gasteiger partial charge in [-0.3, -0.25) is 0 Å². The van der Waals surface area contributed by atoms with Gasteiger partial charge in [0.2, 0.25) is 0 Å². The van der Waals surface area contributed by atoms with E-state index in [0.717, 1.165) is 5.01 Å². The van der Waals surface area contributed by atoms with Crippen LogP contribution >= 0.6 is 11.3 Å². The van der Waals surface area contributed by atoms with Crippen molar-refractivity contribution in [1.29, 1.82) is 0 Å². The van der Waals surface area contributed by atoms with Gasteiger partial charge in [0.15, 0.2) is 0 Å². The summed E-state index contributed by atoms with van der Waals surface area (Å²) in [5, 5.41) is 5.68. The van der Waals surface area contributed by atoms with Gasteiger partial charge in [0.1, 0.15) is 5.01 Å². The van der Waals surface area contributed by atoms with Crippen LogP contribution in [0, 0.1) is 0 Å². The Morgan fingerprint density at radius 3 is 2.93 bits per heavy atom. The highest BCUT2D eigenvalue weighted by Crippen LogP contribution is 2.06. The van der Waals surface area contributed by atoms with Gasteiger partial charge in [-0.2, -0.15) is 0 Å². The van der Waals surface area contributed by atoms with Crippen LogP contribution in [0.2, 0.25) is 0 Å². The minimum atomic E-state index is -0.0600. The van der Waals surface area contributed by atoms with Gasteiger partial charge in [-0.25, -0.2) is 9.78 Å². The zero-order chi connectivity index (χ0) is 10.6. The number of hydrogen-bond donors (Lipinski definition) is 1. The molecule has 1 rings (SSSR count). The Morgan fingerprint density at radius 2 is 2.43 bits per heavy atom. The number of rotatable bonds is 3. The van der Waals surface area contributed by atoms with Gasteiger partial charge >= 0.3 is 6.03 Å². The van der Waals surface area contributed by atoms with E-state index in [1.165, 1.54) is 0 Å². The molecular formula is C9H15N3OS. The Labute approximate surface area is 88.0 Å². The Kier molecular flexibility index (Phi) is 3.88. The molecule has 0 spiro atoms. The van der Waals surface area contributed by atoms with Crippen molar-refractivity contribution in [3.63, 3.8) is 0 Å². The minimum Gasteiger partial charge on any atom is -0.336 e. The summed E-state index contributed by atoms with van der Waals surface area (Å²) in [4.78, 5) is 17.2. The lowest BCUT2D eigenvalue weighted by molar-refractivity contribution is 0.204. The molecule has 4 nitrogen and oxygen atoms in total. The molecule has 0 bridgehead atoms. The van der Waals surface area contributed by atoms with E-state index in [0.29, 0.717) is 6.54 Å². The van der Waals surface area contributed by atoms with Crippen LogP contribution in [-0.4, -0.2) is 29.0 Å². The van der Waals surface area contributed by atoms with E-state index >= 15 is 0 Å². The molecule has 0 aromatic carbocycles. The second kappa shape index (κ2) is 4.95. The number of carbonyl (C=O) groups excluding carboxylic acids is 1. The fourth-order valence-corrected chi connectivity index (χ4v) is 1.63. The normalized spacial score (nSPS) is 10.3. The van der Waals surface area contributed by atoms with Crippen molar-refractivity contribution >= 4 is 17.4 Å². The van der Waals surface area contributed by atoms with Crippen LogP contribution in [0.1, 0.15) is 18.9 Å². The third kappa shape index (κ3) is 3.33. The number of thiazole rings is 1. The molecule has 78 valence electrons. The highest BCUT2D eigenvalue weighted by Gasteiger charge is 2.10. The van der Waals surface area contributed by atoms with Crippen LogP contribution in [0.25, 0.3) is 0 Å². The standard InChI is InChI=1S/C9H15N3OS/c1-7(2)11-9(13)12(3)6-8-10-4-5-14-8/h4-5,7H,6H2,1-3H3,(H,11,13). The molecule has 1 N–H and O–H groups in total. The maximum absolute atomic E-state index is 11.5. The number of hydrogen-bond acceptors (Lipinski definition) is 3. The van der Waals surface area contributed by atoms with Gasteiger partial charge < -0.3 is 10.2 Å². The zero-order valence-corrected chi connectivity index (χ0v) is 9.47. The summed E-state index contributed by atoms with van der Waals surface area (Å²) < 4.78 is 0. The molecule has 1 aromatic heterocycles. The van der Waals surface area contributed by atoms with E-state index in [1.54, 1.807) is 29.5 Å². The molecule has 0 aliphatic heterocycles. The van der Waals surface area contributed by atoms with Crippen molar-refractivity contribution in [2.75, 3.05) is 7.05 Å². The number of nitrogens with zero attached hydrogens (tertiary/aromatic N) is 2. The van der Waals surface area contributed by atoms with Crippen LogP contribution < -0.4 is 5.32 Å². The lowest BCUT2D eigenvalue weighted by Gasteiger charge is -2.18. The Bertz CT molecular complexity index is 284. The molecule has 14 heavy (non-hydrogen) atoms. The average molecular weight is 213 g/mol. The number of aromatic nitrogens is 1. The number of carbonyl (C=O) groups is 1. The molecule has 5 heteroatoms. The van der Waals surface area contributed by atoms with Gasteiger partial charge in [-0.05, 0) is 13.8 Å². The van der Waals surface area contributed by atoms with Crippen LogP contribution in [0.15, 0.2) is 11.6 Å². The van der Waals surface area contributed by atoms with Crippen molar-refractivity contribution in [2.24, 2.45) is 0 Å². The number of nitrogens with one attached hydrogen (secondary N) is 1. The molecular weight excluding hydrogens is 198 g/mol. The predicted molar refractivity (Wildman–Crippen MR) is 57.2 cm³/mol. The highest BCUT2D eigenvalue weighted by molar-refractivity contribution is 7.09. The SMILES string of the molecule is CC(C)NC(=O)N(C)Cc1nccs1. The first-order valence-corrected chi connectivity index (χ1v) is 5.37. The third-order valence-electron chi connectivity index (χ3n) is 1.61. The Morgan fingerprint density at radius 1 is 1.71 bits per heavy atom. The second-order valence-electron chi connectivity index (χ2n) is 3.39. The smallest absolute Gasteiger partial charge is 0.317 e. The number of amides is 2. The van der Waals surface area contributed by atoms with Gasteiger partial charge in [0.05, 0.1) is 6.54 Å².